The van der Waals surface area contributed by atoms with Crippen molar-refractivity contribution in [3.63, 3.8) is 0 Å². The highest BCUT2D eigenvalue weighted by Gasteiger charge is 2.57. The molecular formula is C11H17ClFN6O12P3. The normalized spacial score (nSPS) is 29.1. The fraction of sp³-hybridized carbons (Fsp3) is 0.545. The molecule has 8 N–H and O–H groups in total. The molecule has 0 amide bonds. The van der Waals surface area contributed by atoms with E-state index in [0.29, 0.717) is 0 Å². The Labute approximate surface area is 193 Å². The predicted octanol–water partition coefficient (Wildman–Crippen LogP) is -0.0436. The molecular weight excluding hydrogens is 556 g/mol. The van der Waals surface area contributed by atoms with Gasteiger partial charge in [0.05, 0.1) is 6.33 Å². The minimum Gasteiger partial charge on any atom is -0.385 e. The lowest BCUT2D eigenvalue weighted by atomic mass is 10.1. The quantitative estimate of drug-likeness (QED) is 0.153. The number of nitrogen functional groups attached to an aromatic ring is 1. The second kappa shape index (κ2) is 9.29. The zero-order chi connectivity index (χ0) is 25.7. The van der Waals surface area contributed by atoms with Crippen molar-refractivity contribution in [2.24, 2.45) is 0 Å². The molecule has 0 bridgehead atoms. The van der Waals surface area contributed by atoms with Crippen LogP contribution in [0.1, 0.15) is 6.23 Å². The first-order chi connectivity index (χ1) is 15.5. The Morgan fingerprint density at radius 3 is 2.50 bits per heavy atom. The van der Waals surface area contributed by atoms with E-state index in [2.05, 4.69) is 33.4 Å². The van der Waals surface area contributed by atoms with Gasteiger partial charge in [0.25, 0.3) is 0 Å². The van der Waals surface area contributed by atoms with Crippen LogP contribution in [0, 0.1) is 0 Å². The third-order valence-electron chi connectivity index (χ3n) is 4.12. The van der Waals surface area contributed by atoms with Crippen molar-refractivity contribution in [2.45, 2.75) is 23.6 Å². The summed E-state index contributed by atoms with van der Waals surface area (Å²) in [5, 5.41) is 10.4. The largest absolute Gasteiger partial charge is 0.490 e. The Kier molecular flexibility index (Phi) is 7.46. The maximum Gasteiger partial charge on any atom is 0.490 e. The van der Waals surface area contributed by atoms with Crippen LogP contribution in [-0.4, -0.2) is 75.2 Å². The van der Waals surface area contributed by atoms with Gasteiger partial charge in [-0.25, -0.2) is 23.1 Å². The topological polar surface area (TPSA) is 271 Å². The number of phosphoric ester groups is 1. The number of ether oxygens (including phenoxy) is 1. The molecule has 0 aromatic carbocycles. The molecule has 2 unspecified atom stereocenters. The standard InChI is InChI=1S/C11H17ClFN6O12P3/c1-15-7-5-8(18-10(14)17-7)19(3-16-5)9-4(13)6(20)11(12,29-9)2-28-33(24,25)31-34(26,27)30-32(21,22)23/h3-4,6,9,20H,2H2,1H3,(H,24,25)(H,26,27)(H2,21,22,23)(H3,14,15,17,18)/t4-,6+,9-,11-/m1/s1. The number of hydrogen-bond donors (Lipinski definition) is 7. The summed E-state index contributed by atoms with van der Waals surface area (Å²) in [7, 11) is -15.5. The van der Waals surface area contributed by atoms with E-state index >= 15 is 0 Å². The van der Waals surface area contributed by atoms with Gasteiger partial charge in [-0.2, -0.15) is 18.6 Å². The number of nitrogens with one attached hydrogen (secondary N) is 1. The van der Waals surface area contributed by atoms with Crippen LogP contribution >= 0.6 is 35.1 Å². The number of phosphoric acid groups is 3. The van der Waals surface area contributed by atoms with Crippen LogP contribution in [0.15, 0.2) is 6.33 Å². The molecule has 1 saturated heterocycles. The molecule has 3 rings (SSSR count). The van der Waals surface area contributed by atoms with Crippen molar-refractivity contribution in [3.8, 4) is 0 Å². The third kappa shape index (κ3) is 5.91. The molecule has 1 fully saturated rings. The number of aromatic nitrogens is 4. The molecule has 0 radical (unpaired) electrons. The summed E-state index contributed by atoms with van der Waals surface area (Å²) in [5.74, 6) is -0.0163. The van der Waals surface area contributed by atoms with E-state index in [-0.39, 0.29) is 22.9 Å². The minimum absolute atomic E-state index is 0.0227. The molecule has 192 valence electrons. The van der Waals surface area contributed by atoms with Crippen LogP contribution in [0.25, 0.3) is 11.2 Å². The van der Waals surface area contributed by atoms with Crippen molar-refractivity contribution in [1.29, 1.82) is 0 Å². The van der Waals surface area contributed by atoms with Crippen LogP contribution in [-0.2, 0) is 31.6 Å². The SMILES string of the molecule is CNc1nc(N)nc2c1ncn2[C@@H]1O[C@](Cl)(COP(=O)(O)OP(=O)(O)OP(=O)(O)O)[C@@H](O)[C@H]1F. The van der Waals surface area contributed by atoms with Gasteiger partial charge in [0.1, 0.15) is 12.7 Å². The third-order valence-corrected chi connectivity index (χ3v) is 8.33. The average Bonchev–Trinajstić information content (AvgIpc) is 3.18. The first-order valence-corrected chi connectivity index (χ1v) is 13.5. The summed E-state index contributed by atoms with van der Waals surface area (Å²) in [6, 6.07) is 0. The number of imidazole rings is 1. The van der Waals surface area contributed by atoms with Crippen molar-refractivity contribution >= 4 is 58.0 Å². The van der Waals surface area contributed by atoms with Crippen molar-refractivity contribution < 1.29 is 60.6 Å². The molecule has 1 aliphatic rings. The van der Waals surface area contributed by atoms with Gasteiger partial charge < -0.3 is 40.5 Å². The van der Waals surface area contributed by atoms with Crippen LogP contribution < -0.4 is 11.1 Å². The molecule has 0 aliphatic carbocycles. The van der Waals surface area contributed by atoms with Gasteiger partial charge >= 0.3 is 23.5 Å². The maximum absolute atomic E-state index is 14.9. The predicted molar refractivity (Wildman–Crippen MR) is 109 cm³/mol. The molecule has 6 atom stereocenters. The molecule has 0 saturated carbocycles. The summed E-state index contributed by atoms with van der Waals surface area (Å²) in [5.41, 5.74) is 5.75. The molecule has 2 aromatic rings. The van der Waals surface area contributed by atoms with Crippen molar-refractivity contribution in [1.82, 2.24) is 19.5 Å². The van der Waals surface area contributed by atoms with Gasteiger partial charge in [-0.05, 0) is 0 Å². The highest BCUT2D eigenvalue weighted by Crippen LogP contribution is 2.66. The minimum atomic E-state index is -5.80. The van der Waals surface area contributed by atoms with E-state index < -0.39 is 53.6 Å². The fourth-order valence-corrected chi connectivity index (χ4v) is 6.22. The van der Waals surface area contributed by atoms with E-state index in [1.165, 1.54) is 7.05 Å². The van der Waals surface area contributed by atoms with E-state index in [1.807, 2.05) is 0 Å². The number of anilines is 2. The fourth-order valence-electron chi connectivity index (χ4n) is 2.83. The maximum atomic E-state index is 14.9. The van der Waals surface area contributed by atoms with E-state index in [9.17, 15) is 28.1 Å². The number of aliphatic hydroxyl groups is 1. The number of aliphatic hydroxyl groups excluding tert-OH is 1. The summed E-state index contributed by atoms with van der Waals surface area (Å²) in [4.78, 5) is 47.6. The van der Waals surface area contributed by atoms with Crippen molar-refractivity contribution in [3.05, 3.63) is 6.33 Å². The summed E-state index contributed by atoms with van der Waals surface area (Å²) < 4.78 is 66.6. The van der Waals surface area contributed by atoms with Gasteiger partial charge in [-0.15, -0.1) is 0 Å². The lowest BCUT2D eigenvalue weighted by molar-refractivity contribution is -0.0723. The zero-order valence-electron chi connectivity index (χ0n) is 16.6. The first-order valence-electron chi connectivity index (χ1n) is 8.62. The Balaban J connectivity index is 1.80. The summed E-state index contributed by atoms with van der Waals surface area (Å²) >= 11 is 6.04. The highest BCUT2D eigenvalue weighted by molar-refractivity contribution is 7.66. The number of fused-ring (bicyclic) bond motifs is 1. The Morgan fingerprint density at radius 1 is 1.26 bits per heavy atom. The average molecular weight is 573 g/mol. The van der Waals surface area contributed by atoms with E-state index in [1.54, 1.807) is 0 Å². The van der Waals surface area contributed by atoms with Gasteiger partial charge in [-0.1, -0.05) is 11.6 Å². The Bertz CT molecular complexity index is 1230. The van der Waals surface area contributed by atoms with Gasteiger partial charge in [-0.3, -0.25) is 9.09 Å². The van der Waals surface area contributed by atoms with E-state index in [0.717, 1.165) is 10.9 Å². The number of rotatable bonds is 9. The molecule has 34 heavy (non-hydrogen) atoms. The second-order valence-corrected chi connectivity index (χ2v) is 11.6. The van der Waals surface area contributed by atoms with Gasteiger partial charge in [0.2, 0.25) is 5.95 Å². The second-order valence-electron chi connectivity index (χ2n) is 6.55. The number of hydrogen-bond acceptors (Lipinski definition) is 13. The Hall–Kier alpha value is -1.30. The van der Waals surface area contributed by atoms with Crippen LogP contribution in [0.3, 0.4) is 0 Å². The molecule has 1 aliphatic heterocycles. The number of nitrogens with zero attached hydrogens (tertiary/aromatic N) is 4. The lowest BCUT2D eigenvalue weighted by Crippen LogP contribution is -2.40. The molecule has 18 nitrogen and oxygen atoms in total. The molecule has 2 aromatic heterocycles. The zero-order valence-corrected chi connectivity index (χ0v) is 20.0. The van der Waals surface area contributed by atoms with Crippen LogP contribution in [0.2, 0.25) is 0 Å². The number of halogens is 2. The monoisotopic (exact) mass is 572 g/mol. The smallest absolute Gasteiger partial charge is 0.385 e. The number of nitrogens with two attached hydrogens (primary N) is 1. The lowest BCUT2D eigenvalue weighted by Gasteiger charge is -2.25. The van der Waals surface area contributed by atoms with Crippen LogP contribution in [0.4, 0.5) is 16.2 Å². The summed E-state index contributed by atoms with van der Waals surface area (Å²) in [6.07, 6.45) is -5.12. The summed E-state index contributed by atoms with van der Waals surface area (Å²) in [6.45, 7) is -1.32. The van der Waals surface area contributed by atoms with Gasteiger partial charge in [0, 0.05) is 7.05 Å². The first kappa shape index (κ1) is 27.3. The molecule has 0 spiro atoms. The van der Waals surface area contributed by atoms with Gasteiger partial charge in [0.15, 0.2) is 34.4 Å². The molecule has 3 heterocycles. The highest BCUT2D eigenvalue weighted by atomic mass is 35.5. The van der Waals surface area contributed by atoms with E-state index in [4.69, 9.17) is 36.8 Å². The van der Waals surface area contributed by atoms with Crippen molar-refractivity contribution in [2.75, 3.05) is 24.7 Å². The molecule has 23 heteroatoms. The Morgan fingerprint density at radius 2 is 1.91 bits per heavy atom. The number of alkyl halides is 2. The van der Waals surface area contributed by atoms with Crippen LogP contribution in [0.5, 0.6) is 0 Å².